The molecule has 0 bridgehead atoms. The Morgan fingerprint density at radius 3 is 2.55 bits per heavy atom. The molecule has 0 amide bonds. The summed E-state index contributed by atoms with van der Waals surface area (Å²) in [6, 6.07) is 1.80. The molecule has 11 heavy (non-hydrogen) atoms. The lowest BCUT2D eigenvalue weighted by molar-refractivity contribution is 0.384. The molecular weight excluding hydrogens is 210 g/mol. The zero-order chi connectivity index (χ0) is 8.27. The van der Waals surface area contributed by atoms with Crippen LogP contribution in [0.3, 0.4) is 0 Å². The second-order valence-electron chi connectivity index (χ2n) is 1.87. The highest BCUT2D eigenvalue weighted by atomic mass is 79.9. The van der Waals surface area contributed by atoms with Gasteiger partial charge in [0, 0.05) is 6.07 Å². The zero-order valence-electron chi connectivity index (χ0n) is 6.30. The summed E-state index contributed by atoms with van der Waals surface area (Å²) >= 11 is 3.28. The first-order chi connectivity index (χ1) is 5.27. The minimum Gasteiger partial charge on any atom is -0.495 e. The van der Waals surface area contributed by atoms with Gasteiger partial charge in [-0.25, -0.2) is 4.98 Å². The van der Waals surface area contributed by atoms with Crippen molar-refractivity contribution in [3.63, 3.8) is 0 Å². The number of pyridine rings is 1. The summed E-state index contributed by atoms with van der Waals surface area (Å²) in [4.78, 5) is 3.97. The molecule has 0 atom stereocenters. The van der Waals surface area contributed by atoms with E-state index in [2.05, 4.69) is 20.9 Å². The van der Waals surface area contributed by atoms with Gasteiger partial charge in [0.05, 0.1) is 24.9 Å². The number of halogens is 1. The Balaban J connectivity index is 2.99. The van der Waals surface area contributed by atoms with E-state index in [1.165, 1.54) is 0 Å². The van der Waals surface area contributed by atoms with E-state index >= 15 is 0 Å². The number of methoxy groups -OCH3 is 2. The Morgan fingerprint density at radius 2 is 2.09 bits per heavy atom. The van der Waals surface area contributed by atoms with E-state index in [1.807, 2.05) is 0 Å². The minimum atomic E-state index is 0.561. The van der Waals surface area contributed by atoms with Crippen molar-refractivity contribution in [1.82, 2.24) is 4.98 Å². The molecule has 1 rings (SSSR count). The highest BCUT2D eigenvalue weighted by Crippen LogP contribution is 2.25. The van der Waals surface area contributed by atoms with Crippen LogP contribution in [-0.4, -0.2) is 19.2 Å². The molecule has 1 aromatic heterocycles. The lowest BCUT2D eigenvalue weighted by Gasteiger charge is -2.03. The quantitative estimate of drug-likeness (QED) is 0.759. The summed E-state index contributed by atoms with van der Waals surface area (Å²) in [5.74, 6) is 1.27. The van der Waals surface area contributed by atoms with Gasteiger partial charge in [0.15, 0.2) is 0 Å². The van der Waals surface area contributed by atoms with Crippen LogP contribution in [-0.2, 0) is 0 Å². The van der Waals surface area contributed by atoms with Gasteiger partial charge in [-0.1, -0.05) is 0 Å². The first-order valence-corrected chi connectivity index (χ1v) is 3.80. The van der Waals surface area contributed by atoms with Crippen molar-refractivity contribution in [3.8, 4) is 11.6 Å². The van der Waals surface area contributed by atoms with Crippen LogP contribution in [0.4, 0.5) is 0 Å². The van der Waals surface area contributed by atoms with Crippen molar-refractivity contribution < 1.29 is 9.47 Å². The van der Waals surface area contributed by atoms with E-state index in [0.29, 0.717) is 11.6 Å². The van der Waals surface area contributed by atoms with E-state index in [0.717, 1.165) is 4.47 Å². The average molecular weight is 218 g/mol. The first-order valence-electron chi connectivity index (χ1n) is 3.01. The molecule has 3 nitrogen and oxygen atoms in total. The van der Waals surface area contributed by atoms with Crippen LogP contribution in [0.2, 0.25) is 0 Å². The lowest BCUT2D eigenvalue weighted by Crippen LogP contribution is -1.90. The van der Waals surface area contributed by atoms with Crippen molar-refractivity contribution in [2.24, 2.45) is 0 Å². The van der Waals surface area contributed by atoms with Crippen molar-refractivity contribution in [2.45, 2.75) is 0 Å². The van der Waals surface area contributed by atoms with Crippen LogP contribution in [0.25, 0.3) is 0 Å². The normalized spacial score (nSPS) is 9.36. The first kappa shape index (κ1) is 8.33. The number of hydrogen-bond acceptors (Lipinski definition) is 3. The second-order valence-corrected chi connectivity index (χ2v) is 2.72. The summed E-state index contributed by atoms with van der Waals surface area (Å²) in [5.41, 5.74) is 0. The van der Waals surface area contributed by atoms with Crippen molar-refractivity contribution in [1.29, 1.82) is 0 Å². The van der Waals surface area contributed by atoms with Gasteiger partial charge in [-0.05, 0) is 15.9 Å². The van der Waals surface area contributed by atoms with Gasteiger partial charge in [0.1, 0.15) is 5.75 Å². The molecular formula is C7H8BrNO2. The van der Waals surface area contributed by atoms with Crippen LogP contribution in [0.5, 0.6) is 11.6 Å². The van der Waals surface area contributed by atoms with Gasteiger partial charge in [-0.3, -0.25) is 0 Å². The van der Waals surface area contributed by atoms with Crippen LogP contribution in [0.15, 0.2) is 16.7 Å². The van der Waals surface area contributed by atoms with E-state index in [9.17, 15) is 0 Å². The van der Waals surface area contributed by atoms with E-state index in [1.54, 1.807) is 26.5 Å². The Hall–Kier alpha value is -0.770. The van der Waals surface area contributed by atoms with Gasteiger partial charge in [0.2, 0.25) is 5.88 Å². The molecule has 0 aliphatic rings. The molecule has 0 N–H and O–H groups in total. The summed E-state index contributed by atoms with van der Waals surface area (Å²) in [6.07, 6.45) is 1.60. The molecule has 1 aromatic rings. The fourth-order valence-corrected chi connectivity index (χ4v) is 1.16. The van der Waals surface area contributed by atoms with Gasteiger partial charge < -0.3 is 9.47 Å². The molecule has 0 radical (unpaired) electrons. The maximum Gasteiger partial charge on any atom is 0.227 e. The van der Waals surface area contributed by atoms with Crippen LogP contribution in [0.1, 0.15) is 0 Å². The molecule has 4 heteroatoms. The minimum absolute atomic E-state index is 0.561. The number of ether oxygens (including phenoxy) is 2. The second kappa shape index (κ2) is 3.57. The van der Waals surface area contributed by atoms with Gasteiger partial charge in [-0.15, -0.1) is 0 Å². The Kier molecular flexibility index (Phi) is 2.70. The van der Waals surface area contributed by atoms with E-state index < -0.39 is 0 Å². The molecule has 0 saturated heterocycles. The maximum absolute atomic E-state index is 4.95. The number of rotatable bonds is 2. The third-order valence-electron chi connectivity index (χ3n) is 1.21. The lowest BCUT2D eigenvalue weighted by atomic mass is 10.4. The molecule has 0 saturated carbocycles. The molecule has 0 unspecified atom stereocenters. The molecule has 0 fully saturated rings. The predicted octanol–water partition coefficient (Wildman–Crippen LogP) is 1.86. The smallest absolute Gasteiger partial charge is 0.227 e. The highest BCUT2D eigenvalue weighted by Gasteiger charge is 2.01. The molecule has 1 heterocycles. The molecule has 0 aliphatic heterocycles. The van der Waals surface area contributed by atoms with Gasteiger partial charge >= 0.3 is 0 Å². The highest BCUT2D eigenvalue weighted by molar-refractivity contribution is 9.10. The zero-order valence-corrected chi connectivity index (χ0v) is 7.88. The SMILES string of the molecule is COc1cnc(OC)c(Br)c1. The van der Waals surface area contributed by atoms with E-state index in [4.69, 9.17) is 9.47 Å². The van der Waals surface area contributed by atoms with Crippen molar-refractivity contribution in [3.05, 3.63) is 16.7 Å². The van der Waals surface area contributed by atoms with Gasteiger partial charge in [0.25, 0.3) is 0 Å². The van der Waals surface area contributed by atoms with E-state index in [-0.39, 0.29) is 0 Å². The summed E-state index contributed by atoms with van der Waals surface area (Å²) in [7, 11) is 3.16. The third kappa shape index (κ3) is 1.83. The number of aromatic nitrogens is 1. The fourth-order valence-electron chi connectivity index (χ4n) is 0.670. The largest absolute Gasteiger partial charge is 0.495 e. The maximum atomic E-state index is 4.95. The Bertz CT molecular complexity index is 252. The fraction of sp³-hybridized carbons (Fsp3) is 0.286. The van der Waals surface area contributed by atoms with Crippen molar-refractivity contribution >= 4 is 15.9 Å². The predicted molar refractivity (Wildman–Crippen MR) is 45.0 cm³/mol. The monoisotopic (exact) mass is 217 g/mol. The number of nitrogens with zero attached hydrogens (tertiary/aromatic N) is 1. The number of hydrogen-bond donors (Lipinski definition) is 0. The van der Waals surface area contributed by atoms with Crippen LogP contribution >= 0.6 is 15.9 Å². The Morgan fingerprint density at radius 1 is 1.36 bits per heavy atom. The molecule has 0 aromatic carbocycles. The third-order valence-corrected chi connectivity index (χ3v) is 1.78. The van der Waals surface area contributed by atoms with Crippen LogP contribution < -0.4 is 9.47 Å². The average Bonchev–Trinajstić information content (AvgIpc) is 2.04. The van der Waals surface area contributed by atoms with Crippen molar-refractivity contribution in [2.75, 3.05) is 14.2 Å². The molecule has 0 spiro atoms. The van der Waals surface area contributed by atoms with Gasteiger partial charge in [-0.2, -0.15) is 0 Å². The topological polar surface area (TPSA) is 31.4 Å². The Labute approximate surface area is 73.5 Å². The summed E-state index contributed by atoms with van der Waals surface area (Å²) in [6.45, 7) is 0. The summed E-state index contributed by atoms with van der Waals surface area (Å²) < 4.78 is 10.7. The standard InChI is InChI=1S/C7H8BrNO2/c1-10-5-3-6(8)7(11-2)9-4-5/h3-4H,1-2H3. The van der Waals surface area contributed by atoms with Crippen LogP contribution in [0, 0.1) is 0 Å². The molecule has 60 valence electrons. The summed E-state index contributed by atoms with van der Waals surface area (Å²) in [5, 5.41) is 0. The molecule has 0 aliphatic carbocycles.